The van der Waals surface area contributed by atoms with Gasteiger partial charge in [-0.3, -0.25) is 10.3 Å². The van der Waals surface area contributed by atoms with Crippen molar-refractivity contribution in [2.24, 2.45) is 5.10 Å². The van der Waals surface area contributed by atoms with Crippen LogP contribution < -0.4 is 15.1 Å². The summed E-state index contributed by atoms with van der Waals surface area (Å²) in [6, 6.07) is 16.3. The smallest absolute Gasteiger partial charge is 0.416 e. The number of halogens is 2. The number of hydrazone groups is 1. The van der Waals surface area contributed by atoms with Crippen LogP contribution in [0, 0.1) is 11.6 Å². The Bertz CT molecular complexity index is 1320. The van der Waals surface area contributed by atoms with Gasteiger partial charge in [0.2, 0.25) is 0 Å². The van der Waals surface area contributed by atoms with E-state index in [-0.39, 0.29) is 12.1 Å². The number of amides is 1. The Kier molecular flexibility index (Phi) is 8.20. The van der Waals surface area contributed by atoms with Crippen LogP contribution in [-0.4, -0.2) is 35.4 Å². The van der Waals surface area contributed by atoms with Crippen molar-refractivity contribution in [2.75, 3.05) is 18.6 Å². The normalized spacial score (nSPS) is 16.9. The molecule has 0 radical (unpaired) electrons. The number of carbonyl (C=O) groups excluding carboxylic acids is 1. The van der Waals surface area contributed by atoms with Crippen LogP contribution in [-0.2, 0) is 9.61 Å². The second-order valence-electron chi connectivity index (χ2n) is 9.74. The van der Waals surface area contributed by atoms with Gasteiger partial charge in [-0.1, -0.05) is 42.1 Å². The molecule has 4 rings (SSSR count). The third kappa shape index (κ3) is 6.42. The van der Waals surface area contributed by atoms with Crippen LogP contribution in [0.1, 0.15) is 44.7 Å². The van der Waals surface area contributed by atoms with Gasteiger partial charge in [-0.2, -0.15) is 5.10 Å². The molecule has 10 heteroatoms. The Hall–Kier alpha value is -3.66. The number of benzene rings is 2. The standard InChI is InChI=1S/C28H30F2N4O3S/c1-27(2,3)37-26(35)34(24-18-21(36-4)13-15-31-24)16-8-14-28(19-9-6-5-7-10-19)33-32-25(38-28)22-17-20(29)11-12-23(22)30/h5-7,9-13,15,17-18,33H,8,14,16H2,1-4H3. The maximum atomic E-state index is 14.5. The van der Waals surface area contributed by atoms with Crippen molar-refractivity contribution in [2.45, 2.75) is 44.1 Å². The minimum absolute atomic E-state index is 0.0938. The molecule has 0 fully saturated rings. The number of pyridine rings is 1. The molecule has 1 aliphatic rings. The molecule has 38 heavy (non-hydrogen) atoms. The molecule has 0 spiro atoms. The highest BCUT2D eigenvalue weighted by Crippen LogP contribution is 2.44. The first-order chi connectivity index (χ1) is 18.1. The van der Waals surface area contributed by atoms with Crippen LogP contribution in [0.5, 0.6) is 5.75 Å². The SMILES string of the molecule is COc1ccnc(N(CCCC2(c3ccccc3)NN=C(c3cc(F)ccc3F)S2)C(=O)OC(C)(C)C)c1. The third-order valence-electron chi connectivity index (χ3n) is 5.76. The van der Waals surface area contributed by atoms with Crippen molar-refractivity contribution >= 4 is 28.7 Å². The lowest BCUT2D eigenvalue weighted by Crippen LogP contribution is -2.39. The van der Waals surface area contributed by atoms with E-state index in [0.29, 0.717) is 29.5 Å². The minimum atomic E-state index is -0.753. The van der Waals surface area contributed by atoms with Gasteiger partial charge in [0.05, 0.1) is 7.11 Å². The summed E-state index contributed by atoms with van der Waals surface area (Å²) in [6.45, 7) is 5.69. The summed E-state index contributed by atoms with van der Waals surface area (Å²) in [5, 5.41) is 4.74. The molecular weight excluding hydrogens is 510 g/mol. The summed E-state index contributed by atoms with van der Waals surface area (Å²) in [4.78, 5) is 18.2. The maximum absolute atomic E-state index is 14.5. The maximum Gasteiger partial charge on any atom is 0.416 e. The topological polar surface area (TPSA) is 76.0 Å². The summed E-state index contributed by atoms with van der Waals surface area (Å²) in [7, 11) is 1.54. The quantitative estimate of drug-likeness (QED) is 0.354. The zero-order valence-electron chi connectivity index (χ0n) is 21.7. The summed E-state index contributed by atoms with van der Waals surface area (Å²) < 4.78 is 39.4. The number of hydrogen-bond donors (Lipinski definition) is 1. The molecule has 0 aliphatic carbocycles. The number of hydrogen-bond acceptors (Lipinski definition) is 7. The molecule has 7 nitrogen and oxygen atoms in total. The molecule has 1 amide bonds. The van der Waals surface area contributed by atoms with Gasteiger partial charge in [-0.15, -0.1) is 0 Å². The van der Waals surface area contributed by atoms with E-state index in [4.69, 9.17) is 9.47 Å². The Morgan fingerprint density at radius 1 is 1.11 bits per heavy atom. The Labute approximate surface area is 225 Å². The van der Waals surface area contributed by atoms with Crippen LogP contribution in [0.3, 0.4) is 0 Å². The van der Waals surface area contributed by atoms with Crippen LogP contribution in [0.25, 0.3) is 0 Å². The first kappa shape index (κ1) is 27.4. The van der Waals surface area contributed by atoms with Crippen molar-refractivity contribution < 1.29 is 23.0 Å². The molecule has 0 bridgehead atoms. The van der Waals surface area contributed by atoms with Crippen molar-refractivity contribution in [3.05, 3.63) is 89.6 Å². The molecule has 2 aromatic carbocycles. The number of thioether (sulfide) groups is 1. The molecular formula is C28H30F2N4O3S. The fraction of sp³-hybridized carbons (Fsp3) is 0.321. The molecule has 1 aromatic heterocycles. The van der Waals surface area contributed by atoms with Gasteiger partial charge in [-0.05, 0) is 63.4 Å². The number of rotatable bonds is 8. The zero-order valence-corrected chi connectivity index (χ0v) is 22.5. The molecule has 2 heterocycles. The van der Waals surface area contributed by atoms with Gasteiger partial charge in [0.15, 0.2) is 0 Å². The van der Waals surface area contributed by atoms with Crippen LogP contribution in [0.4, 0.5) is 19.4 Å². The molecule has 1 aliphatic heterocycles. The largest absolute Gasteiger partial charge is 0.497 e. The highest BCUT2D eigenvalue weighted by molar-refractivity contribution is 8.15. The van der Waals surface area contributed by atoms with E-state index in [2.05, 4.69) is 15.5 Å². The lowest BCUT2D eigenvalue weighted by atomic mass is 10.0. The van der Waals surface area contributed by atoms with Gasteiger partial charge in [0, 0.05) is 24.4 Å². The number of methoxy groups -OCH3 is 1. The summed E-state index contributed by atoms with van der Waals surface area (Å²) in [6.07, 6.45) is 2.06. The molecule has 0 saturated heterocycles. The predicted molar refractivity (Wildman–Crippen MR) is 145 cm³/mol. The molecule has 1 atom stereocenters. The summed E-state index contributed by atoms with van der Waals surface area (Å²) in [5.41, 5.74) is 3.49. The first-order valence-corrected chi connectivity index (χ1v) is 13.0. The van der Waals surface area contributed by atoms with E-state index < -0.39 is 28.2 Å². The molecule has 3 aromatic rings. The van der Waals surface area contributed by atoms with Crippen molar-refractivity contribution in [1.82, 2.24) is 10.4 Å². The van der Waals surface area contributed by atoms with Gasteiger partial charge in [0.25, 0.3) is 0 Å². The number of aromatic nitrogens is 1. The molecule has 0 saturated carbocycles. The minimum Gasteiger partial charge on any atom is -0.497 e. The highest BCUT2D eigenvalue weighted by atomic mass is 32.2. The van der Waals surface area contributed by atoms with Crippen molar-refractivity contribution in [1.29, 1.82) is 0 Å². The molecule has 1 N–H and O–H groups in total. The Morgan fingerprint density at radius 2 is 1.87 bits per heavy atom. The number of nitrogens with one attached hydrogen (secondary N) is 1. The number of ether oxygens (including phenoxy) is 2. The van der Waals surface area contributed by atoms with Crippen LogP contribution in [0.15, 0.2) is 72.0 Å². The Balaban J connectivity index is 1.58. The number of nitrogens with zero attached hydrogens (tertiary/aromatic N) is 3. The monoisotopic (exact) mass is 540 g/mol. The second-order valence-corrected chi connectivity index (χ2v) is 11.0. The fourth-order valence-electron chi connectivity index (χ4n) is 3.99. The summed E-state index contributed by atoms with van der Waals surface area (Å²) >= 11 is 1.32. The van der Waals surface area contributed by atoms with E-state index in [0.717, 1.165) is 23.8 Å². The van der Waals surface area contributed by atoms with Gasteiger partial charge in [0.1, 0.15) is 38.7 Å². The van der Waals surface area contributed by atoms with Crippen LogP contribution >= 0.6 is 11.8 Å². The summed E-state index contributed by atoms with van der Waals surface area (Å²) in [5.74, 6) is -0.130. The number of anilines is 1. The lowest BCUT2D eigenvalue weighted by molar-refractivity contribution is 0.0578. The second kappa shape index (κ2) is 11.4. The predicted octanol–water partition coefficient (Wildman–Crippen LogP) is 6.44. The number of carbonyl (C=O) groups is 1. The molecule has 1 unspecified atom stereocenters. The van der Waals surface area contributed by atoms with E-state index in [9.17, 15) is 13.6 Å². The van der Waals surface area contributed by atoms with Crippen LogP contribution in [0.2, 0.25) is 0 Å². The average molecular weight is 541 g/mol. The van der Waals surface area contributed by atoms with Gasteiger partial charge < -0.3 is 9.47 Å². The van der Waals surface area contributed by atoms with Gasteiger partial charge >= 0.3 is 6.09 Å². The molecule has 200 valence electrons. The highest BCUT2D eigenvalue weighted by Gasteiger charge is 2.40. The Morgan fingerprint density at radius 3 is 2.58 bits per heavy atom. The van der Waals surface area contributed by atoms with Crippen molar-refractivity contribution in [3.8, 4) is 5.75 Å². The van der Waals surface area contributed by atoms with Crippen molar-refractivity contribution in [3.63, 3.8) is 0 Å². The third-order valence-corrected chi connectivity index (χ3v) is 7.15. The fourth-order valence-corrected chi connectivity index (χ4v) is 5.27. The van der Waals surface area contributed by atoms with E-state index in [1.807, 2.05) is 30.3 Å². The van der Waals surface area contributed by atoms with E-state index in [1.54, 1.807) is 46.2 Å². The lowest BCUT2D eigenvalue weighted by Gasteiger charge is -2.31. The van der Waals surface area contributed by atoms with E-state index >= 15 is 0 Å². The van der Waals surface area contributed by atoms with Gasteiger partial charge in [-0.25, -0.2) is 18.6 Å². The first-order valence-electron chi connectivity index (χ1n) is 12.2. The average Bonchev–Trinajstić information content (AvgIpc) is 3.33. The van der Waals surface area contributed by atoms with E-state index in [1.165, 1.54) is 16.7 Å². The zero-order chi connectivity index (χ0) is 27.3.